The number of esters is 1. The van der Waals surface area contributed by atoms with Crippen molar-refractivity contribution in [2.45, 2.75) is 25.8 Å². The molecule has 0 radical (unpaired) electrons. The Balaban J connectivity index is 1.88. The van der Waals surface area contributed by atoms with Gasteiger partial charge in [0.25, 0.3) is 0 Å². The minimum Gasteiger partial charge on any atom is -0.469 e. The second-order valence-electron chi connectivity index (χ2n) is 4.88. The highest BCUT2D eigenvalue weighted by molar-refractivity contribution is 5.79. The Morgan fingerprint density at radius 3 is 2.32 bits per heavy atom. The molecule has 1 aliphatic rings. The zero-order valence-corrected chi connectivity index (χ0v) is 11.2. The molecule has 2 rings (SSSR count). The van der Waals surface area contributed by atoms with Crippen LogP contribution in [0.4, 0.5) is 0 Å². The molecule has 0 amide bonds. The molecular weight excluding hydrogens is 242 g/mol. The van der Waals surface area contributed by atoms with Crippen LogP contribution in [0, 0.1) is 0 Å². The third kappa shape index (κ3) is 4.17. The van der Waals surface area contributed by atoms with Crippen molar-refractivity contribution in [2.24, 2.45) is 0 Å². The maximum absolute atomic E-state index is 11.2. The van der Waals surface area contributed by atoms with Crippen LogP contribution in [-0.4, -0.2) is 36.9 Å². The van der Waals surface area contributed by atoms with Gasteiger partial charge in [-0.3, -0.25) is 14.5 Å². The highest BCUT2D eigenvalue weighted by Crippen LogP contribution is 2.12. The number of benzene rings is 1. The van der Waals surface area contributed by atoms with Crippen molar-refractivity contribution in [1.29, 1.82) is 0 Å². The molecule has 1 fully saturated rings. The number of carbonyl (C=O) groups excluding carboxylic acids is 2. The Hall–Kier alpha value is -1.68. The number of nitrogens with zero attached hydrogens (tertiary/aromatic N) is 1. The van der Waals surface area contributed by atoms with Crippen LogP contribution in [0.25, 0.3) is 0 Å². The largest absolute Gasteiger partial charge is 0.469 e. The molecule has 19 heavy (non-hydrogen) atoms. The quantitative estimate of drug-likeness (QED) is 0.772. The molecule has 1 aromatic rings. The lowest BCUT2D eigenvalue weighted by atomic mass is 10.1. The van der Waals surface area contributed by atoms with E-state index in [-0.39, 0.29) is 5.97 Å². The molecule has 0 bridgehead atoms. The maximum atomic E-state index is 11.2. The molecule has 0 spiro atoms. The van der Waals surface area contributed by atoms with Gasteiger partial charge in [0.2, 0.25) is 0 Å². The molecule has 1 heterocycles. The number of hydrogen-bond donors (Lipinski definition) is 0. The normalized spacial score (nSPS) is 16.4. The Labute approximate surface area is 113 Å². The molecule has 0 atom stereocenters. The number of ether oxygens (including phenoxy) is 1. The average molecular weight is 261 g/mol. The molecule has 1 aliphatic heterocycles. The van der Waals surface area contributed by atoms with Crippen molar-refractivity contribution in [3.63, 3.8) is 0 Å². The van der Waals surface area contributed by atoms with E-state index in [0.29, 0.717) is 25.0 Å². The summed E-state index contributed by atoms with van der Waals surface area (Å²) in [6.07, 6.45) is 1.65. The molecule has 0 aliphatic carbocycles. The molecule has 0 saturated carbocycles. The SMILES string of the molecule is COC(=O)Cc1ccc(CN2CCC(=O)CC2)cc1. The summed E-state index contributed by atoms with van der Waals surface area (Å²) in [6, 6.07) is 7.99. The van der Waals surface area contributed by atoms with Crippen molar-refractivity contribution in [2.75, 3.05) is 20.2 Å². The third-order valence-electron chi connectivity index (χ3n) is 3.42. The lowest BCUT2D eigenvalue weighted by Crippen LogP contribution is -2.33. The van der Waals surface area contributed by atoms with E-state index in [9.17, 15) is 9.59 Å². The van der Waals surface area contributed by atoms with E-state index < -0.39 is 0 Å². The van der Waals surface area contributed by atoms with Crippen molar-refractivity contribution >= 4 is 11.8 Å². The summed E-state index contributed by atoms with van der Waals surface area (Å²) >= 11 is 0. The van der Waals surface area contributed by atoms with Gasteiger partial charge < -0.3 is 4.74 Å². The van der Waals surface area contributed by atoms with E-state index in [4.69, 9.17) is 0 Å². The van der Waals surface area contributed by atoms with Gasteiger partial charge in [0.05, 0.1) is 13.5 Å². The van der Waals surface area contributed by atoms with Crippen LogP contribution in [-0.2, 0) is 27.3 Å². The minimum absolute atomic E-state index is 0.220. The molecule has 0 unspecified atom stereocenters. The Bertz CT molecular complexity index is 443. The monoisotopic (exact) mass is 261 g/mol. The molecule has 1 aromatic carbocycles. The number of hydrogen-bond acceptors (Lipinski definition) is 4. The summed E-state index contributed by atoms with van der Waals surface area (Å²) in [5.74, 6) is 0.145. The minimum atomic E-state index is -0.220. The first kappa shape index (κ1) is 13.7. The highest BCUT2D eigenvalue weighted by atomic mass is 16.5. The van der Waals surface area contributed by atoms with Gasteiger partial charge in [0, 0.05) is 32.5 Å². The summed E-state index contributed by atoms with van der Waals surface area (Å²) in [6.45, 7) is 2.57. The van der Waals surface area contributed by atoms with Crippen LogP contribution in [0.1, 0.15) is 24.0 Å². The van der Waals surface area contributed by atoms with Crippen molar-refractivity contribution in [3.05, 3.63) is 35.4 Å². The lowest BCUT2D eigenvalue weighted by molar-refractivity contribution is -0.139. The predicted octanol–water partition coefficient (Wildman–Crippen LogP) is 1.57. The third-order valence-corrected chi connectivity index (χ3v) is 3.42. The first-order chi connectivity index (χ1) is 9.17. The first-order valence-electron chi connectivity index (χ1n) is 6.56. The van der Waals surface area contributed by atoms with Crippen LogP contribution < -0.4 is 0 Å². The van der Waals surface area contributed by atoms with E-state index in [1.807, 2.05) is 24.3 Å². The Morgan fingerprint density at radius 2 is 1.74 bits per heavy atom. The van der Waals surface area contributed by atoms with Gasteiger partial charge in [-0.05, 0) is 11.1 Å². The number of rotatable bonds is 4. The average Bonchev–Trinajstić information content (AvgIpc) is 2.43. The van der Waals surface area contributed by atoms with Crippen molar-refractivity contribution in [1.82, 2.24) is 4.90 Å². The van der Waals surface area contributed by atoms with Gasteiger partial charge >= 0.3 is 5.97 Å². The Kier molecular flexibility index (Phi) is 4.68. The second kappa shape index (κ2) is 6.48. The topological polar surface area (TPSA) is 46.6 Å². The highest BCUT2D eigenvalue weighted by Gasteiger charge is 2.15. The predicted molar refractivity (Wildman–Crippen MR) is 71.7 cm³/mol. The zero-order chi connectivity index (χ0) is 13.7. The summed E-state index contributed by atoms with van der Waals surface area (Å²) in [7, 11) is 1.40. The van der Waals surface area contributed by atoms with Crippen LogP contribution >= 0.6 is 0 Å². The molecule has 0 aromatic heterocycles. The van der Waals surface area contributed by atoms with Crippen LogP contribution in [0.5, 0.6) is 0 Å². The molecule has 1 saturated heterocycles. The summed E-state index contributed by atoms with van der Waals surface area (Å²) in [4.78, 5) is 24.6. The van der Waals surface area contributed by atoms with E-state index in [1.165, 1.54) is 12.7 Å². The molecule has 0 N–H and O–H groups in total. The molecular formula is C15H19NO3. The summed E-state index contributed by atoms with van der Waals surface area (Å²) in [5.41, 5.74) is 2.17. The number of ketones is 1. The van der Waals surface area contributed by atoms with E-state index in [1.54, 1.807) is 0 Å². The van der Waals surface area contributed by atoms with Gasteiger partial charge in [0.1, 0.15) is 5.78 Å². The molecule has 4 nitrogen and oxygen atoms in total. The van der Waals surface area contributed by atoms with Gasteiger partial charge in [-0.2, -0.15) is 0 Å². The maximum Gasteiger partial charge on any atom is 0.309 e. The van der Waals surface area contributed by atoms with Crippen molar-refractivity contribution in [3.8, 4) is 0 Å². The number of Topliss-reactive ketones (excluding diaryl/α,β-unsaturated/α-hetero) is 1. The van der Waals surface area contributed by atoms with E-state index in [2.05, 4.69) is 9.64 Å². The summed E-state index contributed by atoms with van der Waals surface area (Å²) in [5, 5.41) is 0. The summed E-state index contributed by atoms with van der Waals surface area (Å²) < 4.78 is 4.64. The fourth-order valence-electron chi connectivity index (χ4n) is 2.22. The van der Waals surface area contributed by atoms with Crippen molar-refractivity contribution < 1.29 is 14.3 Å². The number of methoxy groups -OCH3 is 1. The smallest absolute Gasteiger partial charge is 0.309 e. The molecule has 4 heteroatoms. The number of carbonyl (C=O) groups is 2. The molecule has 102 valence electrons. The number of piperidine rings is 1. The van der Waals surface area contributed by atoms with E-state index in [0.717, 1.165) is 25.2 Å². The lowest BCUT2D eigenvalue weighted by Gasteiger charge is -2.25. The van der Waals surface area contributed by atoms with Crippen LogP contribution in [0.3, 0.4) is 0 Å². The van der Waals surface area contributed by atoms with Crippen LogP contribution in [0.15, 0.2) is 24.3 Å². The standard InChI is InChI=1S/C15H19NO3/c1-19-15(18)10-12-2-4-13(5-3-12)11-16-8-6-14(17)7-9-16/h2-5H,6-11H2,1H3. The fourth-order valence-corrected chi connectivity index (χ4v) is 2.22. The van der Waals surface area contributed by atoms with Gasteiger partial charge in [0.15, 0.2) is 0 Å². The second-order valence-corrected chi connectivity index (χ2v) is 4.88. The van der Waals surface area contributed by atoms with Gasteiger partial charge in [-0.1, -0.05) is 24.3 Å². The Morgan fingerprint density at radius 1 is 1.16 bits per heavy atom. The van der Waals surface area contributed by atoms with Crippen LogP contribution in [0.2, 0.25) is 0 Å². The number of likely N-dealkylation sites (tertiary alicyclic amines) is 1. The fraction of sp³-hybridized carbons (Fsp3) is 0.467. The first-order valence-corrected chi connectivity index (χ1v) is 6.56. The van der Waals surface area contributed by atoms with E-state index >= 15 is 0 Å². The van der Waals surface area contributed by atoms with Gasteiger partial charge in [-0.15, -0.1) is 0 Å². The zero-order valence-electron chi connectivity index (χ0n) is 11.2. The van der Waals surface area contributed by atoms with Gasteiger partial charge in [-0.25, -0.2) is 0 Å².